The maximum absolute atomic E-state index is 9.56. The van der Waals surface area contributed by atoms with E-state index in [0.29, 0.717) is 0 Å². The van der Waals surface area contributed by atoms with Crippen LogP contribution < -0.4 is 5.32 Å². The minimum absolute atomic E-state index is 0.0691. The van der Waals surface area contributed by atoms with Crippen molar-refractivity contribution in [3.63, 3.8) is 0 Å². The summed E-state index contributed by atoms with van der Waals surface area (Å²) in [4.78, 5) is 0. The van der Waals surface area contributed by atoms with E-state index in [1.165, 1.54) is 12.0 Å². The molecular weight excluding hydrogens is 186 g/mol. The van der Waals surface area contributed by atoms with Gasteiger partial charge in [-0.25, -0.2) is 0 Å². The van der Waals surface area contributed by atoms with Crippen molar-refractivity contribution in [3.8, 4) is 0 Å². The predicted molar refractivity (Wildman–Crippen MR) is 61.8 cm³/mol. The average molecular weight is 205 g/mol. The van der Waals surface area contributed by atoms with E-state index < -0.39 is 0 Å². The van der Waals surface area contributed by atoms with Crippen LogP contribution in [0.15, 0.2) is 30.3 Å². The number of hydrogen-bond acceptors (Lipinski definition) is 2. The summed E-state index contributed by atoms with van der Waals surface area (Å²) in [6.45, 7) is 2.32. The van der Waals surface area contributed by atoms with Crippen LogP contribution in [0.1, 0.15) is 18.4 Å². The maximum atomic E-state index is 9.56. The van der Waals surface area contributed by atoms with Crippen molar-refractivity contribution >= 4 is 0 Å². The Bertz CT molecular complexity index is 291. The van der Waals surface area contributed by atoms with Gasteiger partial charge in [-0.3, -0.25) is 0 Å². The molecule has 2 heteroatoms. The molecule has 0 aliphatic carbocycles. The summed E-state index contributed by atoms with van der Waals surface area (Å²) >= 11 is 0. The first-order chi connectivity index (χ1) is 7.35. The summed E-state index contributed by atoms with van der Waals surface area (Å²) in [5.74, 6) is 0. The minimum Gasteiger partial charge on any atom is -0.396 e. The Morgan fingerprint density at radius 1 is 1.27 bits per heavy atom. The Morgan fingerprint density at radius 2 is 2.07 bits per heavy atom. The monoisotopic (exact) mass is 205 g/mol. The largest absolute Gasteiger partial charge is 0.396 e. The molecule has 1 aliphatic rings. The molecule has 82 valence electrons. The van der Waals surface area contributed by atoms with Crippen molar-refractivity contribution in [2.45, 2.75) is 19.3 Å². The predicted octanol–water partition coefficient (Wildman–Crippen LogP) is 1.59. The zero-order valence-corrected chi connectivity index (χ0v) is 9.08. The molecule has 2 rings (SSSR count). The second kappa shape index (κ2) is 4.77. The molecule has 1 fully saturated rings. The van der Waals surface area contributed by atoms with Crippen LogP contribution in [0.5, 0.6) is 0 Å². The van der Waals surface area contributed by atoms with Gasteiger partial charge in [-0.1, -0.05) is 30.3 Å². The highest BCUT2D eigenvalue weighted by molar-refractivity contribution is 5.17. The number of aliphatic hydroxyl groups excluding tert-OH is 1. The highest BCUT2D eigenvalue weighted by Crippen LogP contribution is 2.29. The lowest BCUT2D eigenvalue weighted by Gasteiger charge is -2.36. The summed E-state index contributed by atoms with van der Waals surface area (Å²) in [5, 5.41) is 12.9. The Labute approximate surface area is 91.3 Å². The third-order valence-corrected chi connectivity index (χ3v) is 3.32. The third kappa shape index (κ3) is 2.58. The number of benzene rings is 1. The number of rotatable bonds is 3. The van der Waals surface area contributed by atoms with E-state index in [9.17, 15) is 5.11 Å². The van der Waals surface area contributed by atoms with Crippen molar-refractivity contribution in [3.05, 3.63) is 35.9 Å². The molecule has 1 heterocycles. The van der Waals surface area contributed by atoms with E-state index in [1.54, 1.807) is 0 Å². The Kier molecular flexibility index (Phi) is 3.39. The van der Waals surface area contributed by atoms with Gasteiger partial charge in [-0.15, -0.1) is 0 Å². The van der Waals surface area contributed by atoms with Crippen molar-refractivity contribution in [1.82, 2.24) is 5.32 Å². The minimum atomic E-state index is 0.0691. The smallest absolute Gasteiger partial charge is 0.0502 e. The van der Waals surface area contributed by atoms with Crippen LogP contribution in [0.3, 0.4) is 0 Å². The second-order valence-corrected chi connectivity index (χ2v) is 4.60. The molecule has 0 unspecified atom stereocenters. The van der Waals surface area contributed by atoms with Crippen LogP contribution in [-0.2, 0) is 6.42 Å². The molecule has 1 atom stereocenters. The van der Waals surface area contributed by atoms with E-state index in [-0.39, 0.29) is 12.0 Å². The molecule has 1 saturated heterocycles. The molecule has 0 bridgehead atoms. The van der Waals surface area contributed by atoms with Crippen LogP contribution in [-0.4, -0.2) is 24.8 Å². The van der Waals surface area contributed by atoms with Gasteiger partial charge >= 0.3 is 0 Å². The topological polar surface area (TPSA) is 32.3 Å². The molecule has 0 spiro atoms. The van der Waals surface area contributed by atoms with Crippen LogP contribution in [0.4, 0.5) is 0 Å². The number of piperidine rings is 1. The standard InChI is InChI=1S/C13H19NO/c15-11-13(7-4-8-14-10-13)9-12-5-2-1-3-6-12/h1-3,5-6,14-15H,4,7-11H2/t13-/m0/s1. The molecule has 0 amide bonds. The Balaban J connectivity index is 2.07. The zero-order chi connectivity index (χ0) is 10.6. The van der Waals surface area contributed by atoms with Crippen molar-refractivity contribution in [2.75, 3.05) is 19.7 Å². The fraction of sp³-hybridized carbons (Fsp3) is 0.538. The second-order valence-electron chi connectivity index (χ2n) is 4.60. The third-order valence-electron chi connectivity index (χ3n) is 3.32. The molecule has 0 saturated carbocycles. The molecule has 1 aromatic carbocycles. The molecular formula is C13H19NO. The summed E-state index contributed by atoms with van der Waals surface area (Å²) in [5.41, 5.74) is 1.40. The first-order valence-electron chi connectivity index (χ1n) is 5.70. The van der Waals surface area contributed by atoms with Crippen LogP contribution in [0.2, 0.25) is 0 Å². The van der Waals surface area contributed by atoms with Crippen molar-refractivity contribution < 1.29 is 5.11 Å². The van der Waals surface area contributed by atoms with Crippen LogP contribution in [0.25, 0.3) is 0 Å². The zero-order valence-electron chi connectivity index (χ0n) is 9.08. The van der Waals surface area contributed by atoms with Gasteiger partial charge in [0, 0.05) is 12.0 Å². The molecule has 15 heavy (non-hydrogen) atoms. The molecule has 1 aromatic rings. The molecule has 0 radical (unpaired) electrons. The lowest BCUT2D eigenvalue weighted by atomic mass is 9.76. The van der Waals surface area contributed by atoms with Gasteiger partial charge in [0.2, 0.25) is 0 Å². The number of nitrogens with one attached hydrogen (secondary N) is 1. The highest BCUT2D eigenvalue weighted by atomic mass is 16.3. The SMILES string of the molecule is OC[C@]1(Cc2ccccc2)CCCNC1. The summed E-state index contributed by atoms with van der Waals surface area (Å²) in [6, 6.07) is 10.5. The summed E-state index contributed by atoms with van der Waals surface area (Å²) in [6.07, 6.45) is 3.29. The van der Waals surface area contributed by atoms with Crippen molar-refractivity contribution in [1.29, 1.82) is 0 Å². The van der Waals surface area contributed by atoms with Gasteiger partial charge in [0.25, 0.3) is 0 Å². The maximum Gasteiger partial charge on any atom is 0.0502 e. The lowest BCUT2D eigenvalue weighted by Crippen LogP contribution is -2.44. The average Bonchev–Trinajstić information content (AvgIpc) is 2.32. The fourth-order valence-corrected chi connectivity index (χ4v) is 2.40. The first kappa shape index (κ1) is 10.7. The van der Waals surface area contributed by atoms with E-state index in [1.807, 2.05) is 6.07 Å². The number of hydrogen-bond donors (Lipinski definition) is 2. The highest BCUT2D eigenvalue weighted by Gasteiger charge is 2.31. The van der Waals surface area contributed by atoms with Crippen molar-refractivity contribution in [2.24, 2.45) is 5.41 Å². The van der Waals surface area contributed by atoms with E-state index in [0.717, 1.165) is 25.9 Å². The van der Waals surface area contributed by atoms with Crippen LogP contribution >= 0.6 is 0 Å². The number of aliphatic hydroxyl groups is 1. The first-order valence-corrected chi connectivity index (χ1v) is 5.70. The molecule has 2 N–H and O–H groups in total. The van der Waals surface area contributed by atoms with E-state index >= 15 is 0 Å². The van der Waals surface area contributed by atoms with Gasteiger partial charge in [0.1, 0.15) is 0 Å². The summed E-state index contributed by atoms with van der Waals surface area (Å²) < 4.78 is 0. The van der Waals surface area contributed by atoms with Gasteiger partial charge in [0.15, 0.2) is 0 Å². The lowest BCUT2D eigenvalue weighted by molar-refractivity contribution is 0.0948. The fourth-order valence-electron chi connectivity index (χ4n) is 2.40. The van der Waals surface area contributed by atoms with E-state index in [2.05, 4.69) is 29.6 Å². The normalized spacial score (nSPS) is 26.5. The van der Waals surface area contributed by atoms with Gasteiger partial charge < -0.3 is 10.4 Å². The Hall–Kier alpha value is -0.860. The molecule has 1 aliphatic heterocycles. The van der Waals surface area contributed by atoms with Crippen LogP contribution in [0, 0.1) is 5.41 Å². The van der Waals surface area contributed by atoms with E-state index in [4.69, 9.17) is 0 Å². The molecule has 0 aromatic heterocycles. The summed E-state index contributed by atoms with van der Waals surface area (Å²) in [7, 11) is 0. The quantitative estimate of drug-likeness (QED) is 0.785. The van der Waals surface area contributed by atoms with Gasteiger partial charge in [-0.05, 0) is 31.4 Å². The Morgan fingerprint density at radius 3 is 2.67 bits per heavy atom. The van der Waals surface area contributed by atoms with Gasteiger partial charge in [0.05, 0.1) is 6.61 Å². The van der Waals surface area contributed by atoms with Gasteiger partial charge in [-0.2, -0.15) is 0 Å². The molecule has 2 nitrogen and oxygen atoms in total.